The first-order valence-corrected chi connectivity index (χ1v) is 9.08. The fourth-order valence-electron chi connectivity index (χ4n) is 4.71. The highest BCUT2D eigenvalue weighted by Crippen LogP contribution is 2.54. The van der Waals surface area contributed by atoms with Gasteiger partial charge < -0.3 is 29.7 Å². The van der Waals surface area contributed by atoms with E-state index in [4.69, 9.17) is 19.7 Å². The molecule has 8 nitrogen and oxygen atoms in total. The maximum Gasteiger partial charge on any atom is 0.328 e. The Morgan fingerprint density at radius 1 is 1.25 bits per heavy atom. The number of carboxylic acids is 2. The van der Waals surface area contributed by atoms with E-state index in [-0.39, 0.29) is 11.0 Å². The summed E-state index contributed by atoms with van der Waals surface area (Å²) in [6, 6.07) is 6.15. The molecule has 1 aromatic carbocycles. The molecule has 1 aliphatic carbocycles. The number of aliphatic carboxylic acids is 2. The summed E-state index contributed by atoms with van der Waals surface area (Å²) in [6.45, 7) is 4.33. The Morgan fingerprint density at radius 3 is 2.57 bits per heavy atom. The number of likely N-dealkylation sites (N-methyl/N-ethyl adjacent to an activating group) is 1. The molecule has 8 heteroatoms. The van der Waals surface area contributed by atoms with Crippen molar-refractivity contribution in [3.05, 3.63) is 41.5 Å². The number of piperidine rings is 1. The van der Waals surface area contributed by atoms with E-state index < -0.39 is 11.9 Å². The van der Waals surface area contributed by atoms with E-state index >= 15 is 0 Å². The molecule has 1 aromatic rings. The van der Waals surface area contributed by atoms with E-state index in [0.717, 1.165) is 19.4 Å². The Bertz CT molecular complexity index is 792. The predicted molar refractivity (Wildman–Crippen MR) is 99.2 cm³/mol. The largest absolute Gasteiger partial charge is 0.508 e. The number of phenolic OH excluding ortho intramolecular Hbond substituents is 1. The number of benzene rings is 1. The van der Waals surface area contributed by atoms with Crippen LogP contribution in [0.3, 0.4) is 0 Å². The van der Waals surface area contributed by atoms with Crippen molar-refractivity contribution in [1.29, 1.82) is 0 Å². The lowest BCUT2D eigenvalue weighted by atomic mass is 9.55. The highest BCUT2D eigenvalue weighted by molar-refractivity contribution is 5.89. The SMILES string of the molecule is CN1CC[C@]23COCO[C@@]2(C)[C@H]1Cc1ccc(O)cc13.O=C(O)/C=C/C(=O)O. The molecule has 2 aliphatic heterocycles. The molecule has 0 radical (unpaired) electrons. The molecule has 2 saturated heterocycles. The van der Waals surface area contributed by atoms with Crippen LogP contribution >= 0.6 is 0 Å². The summed E-state index contributed by atoms with van der Waals surface area (Å²) < 4.78 is 11.8. The van der Waals surface area contributed by atoms with Crippen LogP contribution in [-0.2, 0) is 30.9 Å². The van der Waals surface area contributed by atoms with E-state index in [1.165, 1.54) is 11.1 Å². The minimum absolute atomic E-state index is 0.130. The average molecular weight is 391 g/mol. The molecule has 4 rings (SSSR count). The van der Waals surface area contributed by atoms with Crippen LogP contribution in [0.5, 0.6) is 5.75 Å². The Morgan fingerprint density at radius 2 is 1.93 bits per heavy atom. The number of carbonyl (C=O) groups is 2. The Hall–Kier alpha value is -2.42. The zero-order valence-corrected chi connectivity index (χ0v) is 15.9. The van der Waals surface area contributed by atoms with Crippen LogP contribution in [0.4, 0.5) is 0 Å². The third-order valence-corrected chi connectivity index (χ3v) is 6.19. The molecular weight excluding hydrogens is 366 g/mol. The number of phenols is 1. The van der Waals surface area contributed by atoms with Gasteiger partial charge in [0, 0.05) is 18.2 Å². The van der Waals surface area contributed by atoms with Gasteiger partial charge in [-0.2, -0.15) is 0 Å². The van der Waals surface area contributed by atoms with Crippen molar-refractivity contribution in [3.8, 4) is 5.75 Å². The number of ether oxygens (including phenoxy) is 2. The van der Waals surface area contributed by atoms with Crippen LogP contribution in [0.25, 0.3) is 0 Å². The molecule has 28 heavy (non-hydrogen) atoms. The summed E-state index contributed by atoms with van der Waals surface area (Å²) >= 11 is 0. The molecule has 2 heterocycles. The smallest absolute Gasteiger partial charge is 0.328 e. The van der Waals surface area contributed by atoms with Crippen LogP contribution in [-0.4, -0.2) is 70.8 Å². The standard InChI is InChI=1S/C16H21NO3.C4H4O4/c1-15-14-7-11-3-4-12(18)8-13(11)16(15,5-6-17(14)2)9-19-10-20-15;5-3(6)1-2-4(7)8/h3-4,8,14,18H,5-7,9-10H2,1-2H3;1-2H,(H,5,6)(H,7,8)/b;2-1+/t14-,15+,16-;/m1./s1. The summed E-state index contributed by atoms with van der Waals surface area (Å²) in [6.07, 6.45) is 3.10. The summed E-state index contributed by atoms with van der Waals surface area (Å²) in [5.74, 6) is -2.18. The van der Waals surface area contributed by atoms with Crippen molar-refractivity contribution >= 4 is 11.9 Å². The lowest BCUT2D eigenvalue weighted by molar-refractivity contribution is -0.271. The molecule has 0 unspecified atom stereocenters. The van der Waals surface area contributed by atoms with Crippen molar-refractivity contribution in [2.75, 3.05) is 27.0 Å². The van der Waals surface area contributed by atoms with Gasteiger partial charge in [-0.1, -0.05) is 6.07 Å². The predicted octanol–water partition coefficient (Wildman–Crippen LogP) is 1.36. The van der Waals surface area contributed by atoms with Crippen LogP contribution in [0, 0.1) is 0 Å². The maximum absolute atomic E-state index is 9.92. The van der Waals surface area contributed by atoms with Crippen LogP contribution < -0.4 is 0 Å². The van der Waals surface area contributed by atoms with Gasteiger partial charge in [-0.25, -0.2) is 9.59 Å². The zero-order valence-electron chi connectivity index (χ0n) is 15.9. The van der Waals surface area contributed by atoms with Crippen molar-refractivity contribution in [2.24, 2.45) is 0 Å². The molecule has 3 aliphatic rings. The number of likely N-dealkylation sites (tertiary alicyclic amines) is 1. The Balaban J connectivity index is 0.000000242. The molecular formula is C20H25NO7. The molecule has 0 saturated carbocycles. The lowest BCUT2D eigenvalue weighted by Crippen LogP contribution is -2.73. The fraction of sp³-hybridized carbons (Fsp3) is 0.500. The summed E-state index contributed by atoms with van der Waals surface area (Å²) in [7, 11) is 2.18. The number of aromatic hydroxyl groups is 1. The van der Waals surface area contributed by atoms with Crippen LogP contribution in [0.1, 0.15) is 24.5 Å². The van der Waals surface area contributed by atoms with E-state index in [2.05, 4.69) is 24.9 Å². The summed E-state index contributed by atoms with van der Waals surface area (Å²) in [4.78, 5) is 21.5. The van der Waals surface area contributed by atoms with Gasteiger partial charge in [-0.3, -0.25) is 0 Å². The van der Waals surface area contributed by atoms with Crippen LogP contribution in [0.2, 0.25) is 0 Å². The third-order valence-electron chi connectivity index (χ3n) is 6.19. The van der Waals surface area contributed by atoms with Gasteiger partial charge in [0.1, 0.15) is 12.5 Å². The monoisotopic (exact) mass is 391 g/mol. The molecule has 2 bridgehead atoms. The number of rotatable bonds is 2. The fourth-order valence-corrected chi connectivity index (χ4v) is 4.71. The van der Waals surface area contributed by atoms with Crippen molar-refractivity contribution < 1.29 is 34.4 Å². The van der Waals surface area contributed by atoms with E-state index in [1.54, 1.807) is 6.07 Å². The second kappa shape index (κ2) is 7.54. The van der Waals surface area contributed by atoms with Gasteiger partial charge >= 0.3 is 11.9 Å². The van der Waals surface area contributed by atoms with Gasteiger partial charge in [-0.15, -0.1) is 0 Å². The van der Waals surface area contributed by atoms with Crippen LogP contribution in [0.15, 0.2) is 30.4 Å². The van der Waals surface area contributed by atoms with E-state index in [0.29, 0.717) is 37.3 Å². The lowest BCUT2D eigenvalue weighted by Gasteiger charge is -2.63. The van der Waals surface area contributed by atoms with Crippen molar-refractivity contribution in [3.63, 3.8) is 0 Å². The topological polar surface area (TPSA) is 117 Å². The number of hydrogen-bond donors (Lipinski definition) is 3. The van der Waals surface area contributed by atoms with Gasteiger partial charge in [0.15, 0.2) is 0 Å². The second-order valence-electron chi connectivity index (χ2n) is 7.60. The van der Waals surface area contributed by atoms with Gasteiger partial charge in [0.2, 0.25) is 0 Å². The molecule has 0 aromatic heterocycles. The Labute approximate surface area is 163 Å². The minimum Gasteiger partial charge on any atom is -0.508 e. The number of nitrogens with zero attached hydrogens (tertiary/aromatic N) is 1. The quantitative estimate of drug-likeness (QED) is 0.647. The number of carboxylic acid groups (broad SMARTS) is 2. The van der Waals surface area contributed by atoms with Gasteiger partial charge in [0.25, 0.3) is 0 Å². The first kappa shape index (κ1) is 20.3. The normalized spacial score (nSPS) is 31.3. The zero-order chi connectivity index (χ0) is 20.5. The molecule has 0 spiro atoms. The summed E-state index contributed by atoms with van der Waals surface area (Å²) in [5.41, 5.74) is 2.18. The minimum atomic E-state index is -1.26. The van der Waals surface area contributed by atoms with Crippen molar-refractivity contribution in [2.45, 2.75) is 36.8 Å². The van der Waals surface area contributed by atoms with Crippen molar-refractivity contribution in [1.82, 2.24) is 4.90 Å². The number of hydrogen-bond acceptors (Lipinski definition) is 6. The second-order valence-corrected chi connectivity index (χ2v) is 7.60. The van der Waals surface area contributed by atoms with E-state index in [1.807, 2.05) is 6.07 Å². The molecule has 2 fully saturated rings. The highest BCUT2D eigenvalue weighted by Gasteiger charge is 2.63. The number of fused-ring (bicyclic) bond motifs is 1. The molecule has 3 N–H and O–H groups in total. The first-order valence-electron chi connectivity index (χ1n) is 9.08. The summed E-state index contributed by atoms with van der Waals surface area (Å²) in [5, 5.41) is 25.5. The first-order chi connectivity index (χ1) is 13.2. The van der Waals surface area contributed by atoms with Gasteiger partial charge in [0.05, 0.1) is 17.6 Å². The third kappa shape index (κ3) is 3.39. The Kier molecular flexibility index (Phi) is 5.47. The average Bonchev–Trinajstić information content (AvgIpc) is 2.64. The van der Waals surface area contributed by atoms with E-state index in [9.17, 15) is 14.7 Å². The molecule has 3 atom stereocenters. The van der Waals surface area contributed by atoms with Gasteiger partial charge in [-0.05, 0) is 56.6 Å². The maximum atomic E-state index is 9.92. The highest BCUT2D eigenvalue weighted by atomic mass is 16.7. The molecule has 0 amide bonds. The molecule has 152 valence electrons.